The first-order chi connectivity index (χ1) is 7.53. The van der Waals surface area contributed by atoms with E-state index in [0.29, 0.717) is 5.95 Å². The van der Waals surface area contributed by atoms with E-state index in [1.807, 2.05) is 30.0 Å². The van der Waals surface area contributed by atoms with Gasteiger partial charge in [-0.3, -0.25) is 0 Å². The number of hydrogen-bond donors (Lipinski definition) is 1. The van der Waals surface area contributed by atoms with Gasteiger partial charge in [-0.05, 0) is 32.2 Å². The van der Waals surface area contributed by atoms with Crippen LogP contribution < -0.4 is 5.73 Å². The number of anilines is 1. The number of imidazole rings is 1. The first kappa shape index (κ1) is 11.3. The molecule has 0 aliphatic heterocycles. The third-order valence-corrected chi connectivity index (χ3v) is 4.01. The van der Waals surface area contributed by atoms with Crippen LogP contribution in [-0.4, -0.2) is 20.6 Å². The van der Waals surface area contributed by atoms with Gasteiger partial charge in [0.25, 0.3) is 0 Å². The summed E-state index contributed by atoms with van der Waals surface area (Å²) in [5, 5.41) is 0. The molecule has 0 fully saturated rings. The van der Waals surface area contributed by atoms with Gasteiger partial charge in [-0.15, -0.1) is 0 Å². The van der Waals surface area contributed by atoms with Crippen molar-refractivity contribution < 1.29 is 0 Å². The minimum atomic E-state index is 0.164. The highest BCUT2D eigenvalue weighted by Crippen LogP contribution is 2.27. The Balaban J connectivity index is 2.47. The van der Waals surface area contributed by atoms with Crippen molar-refractivity contribution >= 4 is 28.7 Å². The molecule has 86 valence electrons. The molecule has 16 heavy (non-hydrogen) atoms. The van der Waals surface area contributed by atoms with E-state index in [1.165, 1.54) is 0 Å². The van der Waals surface area contributed by atoms with Gasteiger partial charge in [-0.1, -0.05) is 12.1 Å². The van der Waals surface area contributed by atoms with Gasteiger partial charge in [-0.25, -0.2) is 4.98 Å². The molecular weight excluding hydrogens is 218 g/mol. The highest BCUT2D eigenvalue weighted by Gasteiger charge is 2.19. The Morgan fingerprint density at radius 2 is 2.06 bits per heavy atom. The van der Waals surface area contributed by atoms with Gasteiger partial charge in [0.15, 0.2) is 0 Å². The number of aromatic nitrogens is 2. The van der Waals surface area contributed by atoms with Gasteiger partial charge in [0.1, 0.15) is 0 Å². The molecule has 0 aliphatic carbocycles. The van der Waals surface area contributed by atoms with Crippen LogP contribution in [0.1, 0.15) is 13.8 Å². The minimum absolute atomic E-state index is 0.164. The van der Waals surface area contributed by atoms with Crippen LogP contribution in [0.15, 0.2) is 24.3 Å². The van der Waals surface area contributed by atoms with Crippen molar-refractivity contribution in [3.63, 3.8) is 0 Å². The monoisotopic (exact) mass is 235 g/mol. The molecule has 0 spiro atoms. The normalized spacial score (nSPS) is 12.2. The highest BCUT2D eigenvalue weighted by molar-refractivity contribution is 7.99. The van der Waals surface area contributed by atoms with E-state index < -0.39 is 0 Å². The Labute approximate surface area is 100 Å². The molecule has 1 aromatic heterocycles. The molecule has 0 bridgehead atoms. The molecule has 0 radical (unpaired) electrons. The van der Waals surface area contributed by atoms with Crippen LogP contribution in [0.4, 0.5) is 5.95 Å². The number of thioether (sulfide) groups is 1. The first-order valence-electron chi connectivity index (χ1n) is 5.29. The lowest BCUT2D eigenvalue weighted by Gasteiger charge is -2.23. The number of nitrogens with zero attached hydrogens (tertiary/aromatic N) is 2. The van der Waals surface area contributed by atoms with Crippen molar-refractivity contribution in [2.75, 3.05) is 12.0 Å². The molecule has 1 aromatic carbocycles. The SMILES string of the molecule is CSC(C)(C)Cn1c(N)nc2ccccc21. The lowest BCUT2D eigenvalue weighted by Crippen LogP contribution is -2.23. The standard InChI is InChI=1S/C12H17N3S/c1-12(2,16-3)8-15-10-7-5-4-6-9(10)14-11(15)13/h4-7H,8H2,1-3H3,(H2,13,14). The summed E-state index contributed by atoms with van der Waals surface area (Å²) in [6, 6.07) is 8.06. The second-order valence-corrected chi connectivity index (χ2v) is 6.02. The molecule has 2 rings (SSSR count). The Hall–Kier alpha value is -1.16. The van der Waals surface area contributed by atoms with Gasteiger partial charge in [0.05, 0.1) is 11.0 Å². The summed E-state index contributed by atoms with van der Waals surface area (Å²) >= 11 is 1.84. The summed E-state index contributed by atoms with van der Waals surface area (Å²) in [7, 11) is 0. The van der Waals surface area contributed by atoms with Crippen molar-refractivity contribution in [1.29, 1.82) is 0 Å². The minimum Gasteiger partial charge on any atom is -0.369 e. The van der Waals surface area contributed by atoms with Crippen LogP contribution in [0.25, 0.3) is 11.0 Å². The van der Waals surface area contributed by atoms with Crippen LogP contribution in [-0.2, 0) is 6.54 Å². The van der Waals surface area contributed by atoms with Crippen molar-refractivity contribution in [3.8, 4) is 0 Å². The highest BCUT2D eigenvalue weighted by atomic mass is 32.2. The largest absolute Gasteiger partial charge is 0.369 e. The summed E-state index contributed by atoms with van der Waals surface area (Å²) < 4.78 is 2.25. The van der Waals surface area contributed by atoms with Crippen LogP contribution in [0, 0.1) is 0 Å². The number of para-hydroxylation sites is 2. The van der Waals surface area contributed by atoms with E-state index in [9.17, 15) is 0 Å². The van der Waals surface area contributed by atoms with E-state index in [0.717, 1.165) is 17.6 Å². The Bertz CT molecular complexity index is 502. The molecule has 2 N–H and O–H groups in total. The number of hydrogen-bond acceptors (Lipinski definition) is 3. The predicted molar refractivity (Wildman–Crippen MR) is 71.7 cm³/mol. The third kappa shape index (κ3) is 2.02. The first-order valence-corrected chi connectivity index (χ1v) is 6.52. The number of nitrogen functional groups attached to an aromatic ring is 1. The quantitative estimate of drug-likeness (QED) is 0.889. The fourth-order valence-electron chi connectivity index (χ4n) is 1.71. The molecule has 0 amide bonds. The van der Waals surface area contributed by atoms with E-state index in [4.69, 9.17) is 5.73 Å². The number of nitrogens with two attached hydrogens (primary N) is 1. The lowest BCUT2D eigenvalue weighted by molar-refractivity contribution is 0.585. The maximum Gasteiger partial charge on any atom is 0.201 e. The number of rotatable bonds is 3. The molecule has 0 saturated heterocycles. The van der Waals surface area contributed by atoms with Gasteiger partial charge in [0, 0.05) is 11.3 Å². The zero-order valence-corrected chi connectivity index (χ0v) is 10.7. The molecule has 0 atom stereocenters. The maximum absolute atomic E-state index is 5.96. The predicted octanol–water partition coefficient (Wildman–Crippen LogP) is 2.76. The summed E-state index contributed by atoms with van der Waals surface area (Å²) in [6.07, 6.45) is 2.12. The van der Waals surface area contributed by atoms with Gasteiger partial charge >= 0.3 is 0 Å². The summed E-state index contributed by atoms with van der Waals surface area (Å²) in [5.74, 6) is 0.600. The van der Waals surface area contributed by atoms with Gasteiger partial charge < -0.3 is 10.3 Å². The molecule has 0 aliphatic rings. The second kappa shape index (κ2) is 4.01. The fourth-order valence-corrected chi connectivity index (χ4v) is 1.96. The average molecular weight is 235 g/mol. The molecule has 0 saturated carbocycles. The van der Waals surface area contributed by atoms with Crippen LogP contribution in [0.2, 0.25) is 0 Å². The molecule has 2 aromatic rings. The molecule has 1 heterocycles. The van der Waals surface area contributed by atoms with E-state index in [-0.39, 0.29) is 4.75 Å². The zero-order valence-electron chi connectivity index (χ0n) is 9.90. The number of fused-ring (bicyclic) bond motifs is 1. The summed E-state index contributed by atoms with van der Waals surface area (Å²) in [6.45, 7) is 5.30. The van der Waals surface area contributed by atoms with Crippen LogP contribution in [0.5, 0.6) is 0 Å². The second-order valence-electron chi connectivity index (χ2n) is 4.51. The lowest BCUT2D eigenvalue weighted by atomic mass is 10.2. The van der Waals surface area contributed by atoms with Crippen molar-refractivity contribution in [1.82, 2.24) is 9.55 Å². The van der Waals surface area contributed by atoms with Crippen LogP contribution >= 0.6 is 11.8 Å². The third-order valence-electron chi connectivity index (χ3n) is 2.78. The average Bonchev–Trinajstić information content (AvgIpc) is 2.56. The molecular formula is C12H17N3S. The van der Waals surface area contributed by atoms with E-state index in [1.54, 1.807) is 0 Å². The topological polar surface area (TPSA) is 43.8 Å². The Kier molecular flexibility index (Phi) is 2.84. The van der Waals surface area contributed by atoms with Gasteiger partial charge in [-0.2, -0.15) is 11.8 Å². The number of benzene rings is 1. The van der Waals surface area contributed by atoms with Crippen molar-refractivity contribution in [2.24, 2.45) is 0 Å². The fraction of sp³-hybridized carbons (Fsp3) is 0.417. The molecule has 3 nitrogen and oxygen atoms in total. The Morgan fingerprint density at radius 1 is 1.38 bits per heavy atom. The molecule has 0 unspecified atom stereocenters. The van der Waals surface area contributed by atoms with Gasteiger partial charge in [0.2, 0.25) is 5.95 Å². The smallest absolute Gasteiger partial charge is 0.201 e. The summed E-state index contributed by atoms with van der Waals surface area (Å²) in [4.78, 5) is 4.36. The Morgan fingerprint density at radius 3 is 2.75 bits per heavy atom. The molecule has 4 heteroatoms. The van der Waals surface area contributed by atoms with E-state index >= 15 is 0 Å². The van der Waals surface area contributed by atoms with E-state index in [2.05, 4.69) is 35.7 Å². The zero-order chi connectivity index (χ0) is 11.8. The van der Waals surface area contributed by atoms with Crippen molar-refractivity contribution in [2.45, 2.75) is 25.1 Å². The van der Waals surface area contributed by atoms with Crippen molar-refractivity contribution in [3.05, 3.63) is 24.3 Å². The maximum atomic E-state index is 5.96. The van der Waals surface area contributed by atoms with Crippen LogP contribution in [0.3, 0.4) is 0 Å². The summed E-state index contributed by atoms with van der Waals surface area (Å²) in [5.41, 5.74) is 8.04.